The van der Waals surface area contributed by atoms with Gasteiger partial charge in [-0.2, -0.15) is 0 Å². The van der Waals surface area contributed by atoms with Crippen molar-refractivity contribution < 1.29 is 14.4 Å². The Morgan fingerprint density at radius 1 is 0.593 bits per heavy atom. The molecule has 0 unspecified atom stereocenters. The highest BCUT2D eigenvalue weighted by molar-refractivity contribution is 5.63. The highest BCUT2D eigenvalue weighted by Gasteiger charge is 2.13. The summed E-state index contributed by atoms with van der Waals surface area (Å²) in [4.78, 5) is 10.4. The molecule has 0 fully saturated rings. The number of hydrogen-bond acceptors (Lipinski definition) is 2. The zero-order chi connectivity index (χ0) is 20.2. The second kappa shape index (κ2) is 18.8. The first-order valence-electron chi connectivity index (χ1n) is 12.0. The largest absolute Gasteiger partial charge is 0.550 e. The van der Waals surface area contributed by atoms with Gasteiger partial charge in [0.1, 0.15) is 0 Å². The smallest absolute Gasteiger partial charge is 0.0782 e. The number of carboxylic acids is 1. The lowest BCUT2D eigenvalue weighted by Gasteiger charge is -2.30. The average molecular weight is 384 g/mol. The molecule has 3 nitrogen and oxygen atoms in total. The van der Waals surface area contributed by atoms with Crippen LogP contribution in [-0.2, 0) is 4.79 Å². The first kappa shape index (κ1) is 26.4. The molecule has 0 radical (unpaired) electrons. The third kappa shape index (κ3) is 21.6. The van der Waals surface area contributed by atoms with Crippen LogP contribution in [0.25, 0.3) is 0 Å². The minimum absolute atomic E-state index is 0.215. The Labute approximate surface area is 170 Å². The van der Waals surface area contributed by atoms with Gasteiger partial charge >= 0.3 is 0 Å². The first-order chi connectivity index (χ1) is 13.0. The Bertz CT molecular complexity index is 328. The van der Waals surface area contributed by atoms with Gasteiger partial charge in [0, 0.05) is 5.97 Å². The molecule has 0 aromatic rings. The molecule has 0 saturated heterocycles. The van der Waals surface area contributed by atoms with E-state index in [9.17, 15) is 9.90 Å². The lowest BCUT2D eigenvalue weighted by molar-refractivity contribution is -0.890. The Morgan fingerprint density at radius 3 is 1.30 bits per heavy atom. The molecule has 0 aliphatic heterocycles. The maximum absolute atomic E-state index is 10.4. The van der Waals surface area contributed by atoms with Crippen LogP contribution >= 0.6 is 0 Å². The molecule has 0 aromatic carbocycles. The quantitative estimate of drug-likeness (QED) is 0.184. The number of carbonyl (C=O) groups excluding carboxylic acids is 1. The standard InChI is InChI=1S/C24H49NO2/c1-4-5-6-7-8-9-10-11-12-13-14-15-16-19-22-25(2,3)23-20-17-18-21-24(26)27/h4-23H2,1-3H3. The van der Waals surface area contributed by atoms with E-state index in [1.165, 1.54) is 96.4 Å². The van der Waals surface area contributed by atoms with Crippen LogP contribution in [0.15, 0.2) is 0 Å². The number of carbonyl (C=O) groups is 1. The summed E-state index contributed by atoms with van der Waals surface area (Å²) >= 11 is 0. The van der Waals surface area contributed by atoms with Crippen molar-refractivity contribution in [1.82, 2.24) is 0 Å². The number of rotatable bonds is 21. The van der Waals surface area contributed by atoms with Crippen molar-refractivity contribution in [2.75, 3.05) is 27.2 Å². The topological polar surface area (TPSA) is 40.1 Å². The van der Waals surface area contributed by atoms with E-state index in [4.69, 9.17) is 0 Å². The molecule has 0 rings (SSSR count). The highest BCUT2D eigenvalue weighted by atomic mass is 16.4. The Balaban J connectivity index is 3.29. The van der Waals surface area contributed by atoms with E-state index >= 15 is 0 Å². The van der Waals surface area contributed by atoms with E-state index in [0.29, 0.717) is 0 Å². The van der Waals surface area contributed by atoms with Crippen LogP contribution in [0.1, 0.15) is 122 Å². The summed E-state index contributed by atoms with van der Waals surface area (Å²) in [6.45, 7) is 4.69. The van der Waals surface area contributed by atoms with Crippen molar-refractivity contribution in [3.8, 4) is 0 Å². The lowest BCUT2D eigenvalue weighted by Crippen LogP contribution is -2.41. The van der Waals surface area contributed by atoms with Gasteiger partial charge in [-0.15, -0.1) is 0 Å². The van der Waals surface area contributed by atoms with Gasteiger partial charge < -0.3 is 14.4 Å². The third-order valence-electron chi connectivity index (χ3n) is 5.76. The predicted molar refractivity (Wildman–Crippen MR) is 116 cm³/mol. The molecule has 0 aliphatic rings. The summed E-state index contributed by atoms with van der Waals surface area (Å²) in [6, 6.07) is 0. The van der Waals surface area contributed by atoms with Gasteiger partial charge in [-0.25, -0.2) is 0 Å². The molecule has 0 N–H and O–H groups in total. The fraction of sp³-hybridized carbons (Fsp3) is 0.958. The molecule has 0 spiro atoms. The van der Waals surface area contributed by atoms with Gasteiger partial charge in [0.05, 0.1) is 27.2 Å². The van der Waals surface area contributed by atoms with Gasteiger partial charge in [-0.05, 0) is 38.5 Å². The molecule has 3 heteroatoms. The molecular weight excluding hydrogens is 334 g/mol. The van der Waals surface area contributed by atoms with Crippen molar-refractivity contribution >= 4 is 5.97 Å². The van der Waals surface area contributed by atoms with E-state index in [-0.39, 0.29) is 6.42 Å². The summed E-state index contributed by atoms with van der Waals surface area (Å²) in [7, 11) is 4.61. The number of quaternary nitrogens is 1. The molecule has 0 atom stereocenters. The van der Waals surface area contributed by atoms with Crippen molar-refractivity contribution in [2.24, 2.45) is 0 Å². The van der Waals surface area contributed by atoms with Crippen LogP contribution in [-0.4, -0.2) is 37.6 Å². The molecular formula is C24H49NO2. The SMILES string of the molecule is CCCCCCCCCCCCCCCC[N+](C)(C)CCCCCC(=O)[O-]. The average Bonchev–Trinajstić information content (AvgIpc) is 2.61. The van der Waals surface area contributed by atoms with Gasteiger partial charge in [-0.1, -0.05) is 84.0 Å². The lowest BCUT2D eigenvalue weighted by atomic mass is 10.0. The van der Waals surface area contributed by atoms with Gasteiger partial charge in [0.15, 0.2) is 0 Å². The molecule has 0 bridgehead atoms. The summed E-state index contributed by atoms with van der Waals surface area (Å²) < 4.78 is 1.07. The number of unbranched alkanes of at least 4 members (excludes halogenated alkanes) is 15. The maximum Gasteiger partial charge on any atom is 0.0782 e. The fourth-order valence-corrected chi connectivity index (χ4v) is 3.83. The number of aliphatic carboxylic acids is 1. The normalized spacial score (nSPS) is 11.8. The van der Waals surface area contributed by atoms with Gasteiger partial charge in [0.2, 0.25) is 0 Å². The van der Waals surface area contributed by atoms with E-state index in [0.717, 1.165) is 30.3 Å². The van der Waals surface area contributed by atoms with Crippen LogP contribution in [0.3, 0.4) is 0 Å². The summed E-state index contributed by atoms with van der Waals surface area (Å²) in [5.74, 6) is -0.911. The molecule has 0 aromatic heterocycles. The number of hydrogen-bond donors (Lipinski definition) is 0. The zero-order valence-corrected chi connectivity index (χ0v) is 18.9. The van der Waals surface area contributed by atoms with Crippen LogP contribution in [0.4, 0.5) is 0 Å². The predicted octanol–water partition coefficient (Wildman–Crippen LogP) is 5.85. The zero-order valence-electron chi connectivity index (χ0n) is 18.9. The minimum Gasteiger partial charge on any atom is -0.550 e. The van der Waals surface area contributed by atoms with E-state index < -0.39 is 5.97 Å². The third-order valence-corrected chi connectivity index (χ3v) is 5.76. The maximum atomic E-state index is 10.4. The minimum atomic E-state index is -0.911. The Hall–Kier alpha value is -0.570. The highest BCUT2D eigenvalue weighted by Crippen LogP contribution is 2.14. The first-order valence-corrected chi connectivity index (χ1v) is 12.0. The van der Waals surface area contributed by atoms with Crippen molar-refractivity contribution in [2.45, 2.75) is 122 Å². The summed E-state index contributed by atoms with van der Waals surface area (Å²) in [5, 5.41) is 10.4. The fourth-order valence-electron chi connectivity index (χ4n) is 3.83. The molecule has 0 heterocycles. The van der Waals surface area contributed by atoms with Gasteiger partial charge in [-0.3, -0.25) is 0 Å². The number of carboxylic acid groups (broad SMARTS) is 1. The Morgan fingerprint density at radius 2 is 0.926 bits per heavy atom. The van der Waals surface area contributed by atoms with Crippen molar-refractivity contribution in [3.05, 3.63) is 0 Å². The van der Waals surface area contributed by atoms with Gasteiger partial charge in [0.25, 0.3) is 0 Å². The van der Waals surface area contributed by atoms with E-state index in [1.54, 1.807) is 0 Å². The van der Waals surface area contributed by atoms with Crippen LogP contribution in [0, 0.1) is 0 Å². The molecule has 0 aliphatic carbocycles. The number of nitrogens with zero attached hydrogens (tertiary/aromatic N) is 1. The molecule has 162 valence electrons. The van der Waals surface area contributed by atoms with Crippen LogP contribution in [0.2, 0.25) is 0 Å². The monoisotopic (exact) mass is 383 g/mol. The molecule has 27 heavy (non-hydrogen) atoms. The Kier molecular flexibility index (Phi) is 18.4. The van der Waals surface area contributed by atoms with Crippen molar-refractivity contribution in [1.29, 1.82) is 0 Å². The molecule has 0 amide bonds. The van der Waals surface area contributed by atoms with Crippen LogP contribution < -0.4 is 5.11 Å². The summed E-state index contributed by atoms with van der Waals surface area (Å²) in [5.41, 5.74) is 0. The van der Waals surface area contributed by atoms with Crippen LogP contribution in [0.5, 0.6) is 0 Å². The van der Waals surface area contributed by atoms with E-state index in [2.05, 4.69) is 21.0 Å². The second-order valence-corrected chi connectivity index (χ2v) is 9.16. The summed E-state index contributed by atoms with van der Waals surface area (Å²) in [6.07, 6.45) is 22.9. The van der Waals surface area contributed by atoms with Crippen molar-refractivity contribution in [3.63, 3.8) is 0 Å². The van der Waals surface area contributed by atoms with E-state index in [1.807, 2.05) is 0 Å². The molecule has 0 saturated carbocycles. The second-order valence-electron chi connectivity index (χ2n) is 9.16.